The van der Waals surface area contributed by atoms with E-state index in [2.05, 4.69) is 20.7 Å². The summed E-state index contributed by atoms with van der Waals surface area (Å²) in [7, 11) is 2.84. The highest BCUT2D eigenvalue weighted by atomic mass is 79.9. The lowest BCUT2D eigenvalue weighted by atomic mass is 10.2. The topological polar surface area (TPSA) is 55.8 Å². The Morgan fingerprint density at radius 3 is 2.74 bits per heavy atom. The predicted molar refractivity (Wildman–Crippen MR) is 97.2 cm³/mol. The van der Waals surface area contributed by atoms with Crippen molar-refractivity contribution >= 4 is 62.2 Å². The van der Waals surface area contributed by atoms with Crippen LogP contribution in [0.15, 0.2) is 27.6 Å². The van der Waals surface area contributed by atoms with Crippen LogP contribution in [0.5, 0.6) is 5.75 Å². The first-order valence-electron chi connectivity index (χ1n) is 6.57. The van der Waals surface area contributed by atoms with Crippen LogP contribution in [0.1, 0.15) is 12.5 Å². The summed E-state index contributed by atoms with van der Waals surface area (Å²) in [4.78, 5) is 25.9. The zero-order valence-electron chi connectivity index (χ0n) is 12.7. The number of halogens is 1. The SMILES string of the molecule is COC(=O)[C@@H](C)N1C(=O)/C(=C/c2cc(Br)ccc2OC)SC1=S. The Morgan fingerprint density at radius 2 is 2.13 bits per heavy atom. The fourth-order valence-electron chi connectivity index (χ4n) is 2.05. The molecular weight excluding hydrogens is 402 g/mol. The van der Waals surface area contributed by atoms with Crippen molar-refractivity contribution in [2.45, 2.75) is 13.0 Å². The van der Waals surface area contributed by atoms with Crippen LogP contribution < -0.4 is 4.74 Å². The summed E-state index contributed by atoms with van der Waals surface area (Å²) >= 11 is 9.76. The Bertz CT molecular complexity index is 705. The zero-order valence-corrected chi connectivity index (χ0v) is 15.9. The third kappa shape index (κ3) is 3.76. The molecule has 0 N–H and O–H groups in total. The molecule has 1 atom stereocenters. The van der Waals surface area contributed by atoms with Crippen molar-refractivity contribution in [2.75, 3.05) is 14.2 Å². The molecule has 0 unspecified atom stereocenters. The highest BCUT2D eigenvalue weighted by Gasteiger charge is 2.38. The van der Waals surface area contributed by atoms with E-state index in [0.717, 1.165) is 21.8 Å². The molecule has 1 amide bonds. The van der Waals surface area contributed by atoms with Crippen molar-refractivity contribution in [2.24, 2.45) is 0 Å². The highest BCUT2D eigenvalue weighted by molar-refractivity contribution is 9.10. The number of esters is 1. The normalized spacial score (nSPS) is 17.6. The summed E-state index contributed by atoms with van der Waals surface area (Å²) < 4.78 is 11.2. The number of hydrogen-bond donors (Lipinski definition) is 0. The van der Waals surface area contributed by atoms with Crippen molar-refractivity contribution in [1.82, 2.24) is 4.90 Å². The molecule has 0 radical (unpaired) electrons. The second kappa shape index (κ2) is 7.46. The van der Waals surface area contributed by atoms with Gasteiger partial charge in [-0.05, 0) is 31.2 Å². The molecule has 0 saturated carbocycles. The van der Waals surface area contributed by atoms with Crippen molar-refractivity contribution < 1.29 is 19.1 Å². The maximum atomic E-state index is 12.6. The van der Waals surface area contributed by atoms with Crippen LogP contribution in [0.3, 0.4) is 0 Å². The average molecular weight is 416 g/mol. The van der Waals surface area contributed by atoms with E-state index in [1.54, 1.807) is 26.2 Å². The van der Waals surface area contributed by atoms with E-state index in [0.29, 0.717) is 15.0 Å². The molecule has 0 spiro atoms. The fourth-order valence-corrected chi connectivity index (χ4v) is 3.84. The van der Waals surface area contributed by atoms with E-state index in [1.807, 2.05) is 12.1 Å². The first-order valence-corrected chi connectivity index (χ1v) is 8.59. The Kier molecular flexibility index (Phi) is 5.83. The van der Waals surface area contributed by atoms with Crippen molar-refractivity contribution in [3.63, 3.8) is 0 Å². The number of carbonyl (C=O) groups excluding carboxylic acids is 2. The summed E-state index contributed by atoms with van der Waals surface area (Å²) in [5, 5.41) is 0. The van der Waals surface area contributed by atoms with Crippen LogP contribution in [0, 0.1) is 0 Å². The standard InChI is InChI=1S/C15H14BrNO4S2/c1-8(14(19)21-3)17-13(18)12(23-15(17)22)7-9-6-10(16)4-5-11(9)20-2/h4-8H,1-3H3/b12-7-/t8-/m1/s1. The molecule has 5 nitrogen and oxygen atoms in total. The van der Waals surface area contributed by atoms with Crippen LogP contribution in [0.25, 0.3) is 6.08 Å². The minimum atomic E-state index is -0.761. The average Bonchev–Trinajstić information content (AvgIpc) is 2.80. The number of amides is 1. The van der Waals surface area contributed by atoms with E-state index in [4.69, 9.17) is 17.0 Å². The van der Waals surface area contributed by atoms with Crippen molar-refractivity contribution in [3.8, 4) is 5.75 Å². The second-order valence-corrected chi connectivity index (χ2v) is 7.23. The Morgan fingerprint density at radius 1 is 1.43 bits per heavy atom. The molecule has 1 aliphatic rings. The quantitative estimate of drug-likeness (QED) is 0.427. The third-order valence-corrected chi connectivity index (χ3v) is 5.06. The molecule has 122 valence electrons. The minimum absolute atomic E-state index is 0.320. The van der Waals surface area contributed by atoms with Gasteiger partial charge in [0.05, 0.1) is 19.1 Å². The summed E-state index contributed by atoms with van der Waals surface area (Å²) in [5.41, 5.74) is 0.744. The first-order chi connectivity index (χ1) is 10.9. The molecule has 8 heteroatoms. The van der Waals surface area contributed by atoms with Gasteiger partial charge in [0.25, 0.3) is 5.91 Å². The van der Waals surface area contributed by atoms with Crippen LogP contribution >= 0.6 is 39.9 Å². The van der Waals surface area contributed by atoms with E-state index in [-0.39, 0.29) is 5.91 Å². The molecular formula is C15H14BrNO4S2. The number of thiocarbonyl (C=S) groups is 1. The lowest BCUT2D eigenvalue weighted by Crippen LogP contribution is -2.42. The van der Waals surface area contributed by atoms with Crippen LogP contribution in [0.2, 0.25) is 0 Å². The Hall–Kier alpha value is -1.38. The van der Waals surface area contributed by atoms with E-state index < -0.39 is 12.0 Å². The van der Waals surface area contributed by atoms with Gasteiger partial charge < -0.3 is 9.47 Å². The number of benzene rings is 1. The lowest BCUT2D eigenvalue weighted by Gasteiger charge is -2.20. The summed E-state index contributed by atoms with van der Waals surface area (Å²) in [6.45, 7) is 1.58. The zero-order chi connectivity index (χ0) is 17.1. The smallest absolute Gasteiger partial charge is 0.328 e. The predicted octanol–water partition coefficient (Wildman–Crippen LogP) is 3.22. The van der Waals surface area contributed by atoms with Gasteiger partial charge in [0.15, 0.2) is 0 Å². The Labute approximate surface area is 152 Å². The highest BCUT2D eigenvalue weighted by Crippen LogP contribution is 2.36. The first kappa shape index (κ1) is 18.0. The number of hydrogen-bond acceptors (Lipinski definition) is 6. The molecule has 2 rings (SSSR count). The third-order valence-electron chi connectivity index (χ3n) is 3.23. The van der Waals surface area contributed by atoms with Gasteiger partial charge in [-0.15, -0.1) is 0 Å². The number of rotatable bonds is 4. The number of carbonyl (C=O) groups is 2. The van der Waals surface area contributed by atoms with Gasteiger partial charge in [-0.2, -0.15) is 0 Å². The summed E-state index contributed by atoms with van der Waals surface area (Å²) in [5.74, 6) is -0.193. The maximum absolute atomic E-state index is 12.6. The molecule has 1 aromatic carbocycles. The molecule has 1 saturated heterocycles. The molecule has 0 aliphatic carbocycles. The molecule has 1 aromatic rings. The van der Waals surface area contributed by atoms with Crippen molar-refractivity contribution in [3.05, 3.63) is 33.1 Å². The largest absolute Gasteiger partial charge is 0.496 e. The number of ether oxygens (including phenoxy) is 2. The van der Waals surface area contributed by atoms with Gasteiger partial charge in [0.1, 0.15) is 16.1 Å². The van der Waals surface area contributed by atoms with Crippen LogP contribution in [-0.4, -0.2) is 41.4 Å². The second-order valence-electron chi connectivity index (χ2n) is 4.64. The van der Waals surface area contributed by atoms with Gasteiger partial charge in [-0.1, -0.05) is 39.9 Å². The van der Waals surface area contributed by atoms with Gasteiger partial charge in [0.2, 0.25) is 0 Å². The van der Waals surface area contributed by atoms with Gasteiger partial charge in [0, 0.05) is 10.0 Å². The minimum Gasteiger partial charge on any atom is -0.496 e. The van der Waals surface area contributed by atoms with E-state index in [1.165, 1.54) is 12.0 Å². The van der Waals surface area contributed by atoms with E-state index in [9.17, 15) is 9.59 Å². The monoisotopic (exact) mass is 415 g/mol. The number of methoxy groups -OCH3 is 2. The maximum Gasteiger partial charge on any atom is 0.328 e. The van der Waals surface area contributed by atoms with Gasteiger partial charge in [-0.25, -0.2) is 4.79 Å². The molecule has 23 heavy (non-hydrogen) atoms. The van der Waals surface area contributed by atoms with Gasteiger partial charge in [-0.3, -0.25) is 9.69 Å². The fraction of sp³-hybridized carbons (Fsp3) is 0.267. The summed E-state index contributed by atoms with van der Waals surface area (Å²) in [6, 6.07) is 4.73. The molecule has 1 heterocycles. The Balaban J connectivity index is 2.36. The lowest BCUT2D eigenvalue weighted by molar-refractivity contribution is -0.147. The molecule has 1 fully saturated rings. The number of nitrogens with zero attached hydrogens (tertiary/aromatic N) is 1. The summed E-state index contributed by atoms with van der Waals surface area (Å²) in [6.07, 6.45) is 1.70. The van der Waals surface area contributed by atoms with Crippen LogP contribution in [0.4, 0.5) is 0 Å². The van der Waals surface area contributed by atoms with E-state index >= 15 is 0 Å². The molecule has 0 bridgehead atoms. The number of thioether (sulfide) groups is 1. The van der Waals surface area contributed by atoms with Crippen molar-refractivity contribution in [1.29, 1.82) is 0 Å². The van der Waals surface area contributed by atoms with Gasteiger partial charge >= 0.3 is 5.97 Å². The molecule has 1 aliphatic heterocycles. The van der Waals surface area contributed by atoms with Crippen LogP contribution in [-0.2, 0) is 14.3 Å². The molecule has 0 aromatic heterocycles.